The summed E-state index contributed by atoms with van der Waals surface area (Å²) in [6.07, 6.45) is 2.74. The number of anilines is 1. The van der Waals surface area contributed by atoms with Gasteiger partial charge in [-0.1, -0.05) is 29.8 Å². The highest BCUT2D eigenvalue weighted by Gasteiger charge is 2.15. The summed E-state index contributed by atoms with van der Waals surface area (Å²) in [7, 11) is 0. The van der Waals surface area contributed by atoms with E-state index in [4.69, 9.17) is 5.73 Å². The first kappa shape index (κ1) is 12.3. The molecule has 0 spiro atoms. The van der Waals surface area contributed by atoms with Crippen LogP contribution in [0.5, 0.6) is 0 Å². The third-order valence-electron chi connectivity index (χ3n) is 3.13. The molecule has 20 heavy (non-hydrogen) atoms. The zero-order chi connectivity index (χ0) is 14.1. The molecule has 0 aliphatic rings. The maximum absolute atomic E-state index is 13.3. The number of nitrogen functional groups attached to an aromatic ring is 1. The summed E-state index contributed by atoms with van der Waals surface area (Å²) in [6.45, 7) is 2.01. The van der Waals surface area contributed by atoms with Gasteiger partial charge in [0.05, 0.1) is 17.5 Å². The van der Waals surface area contributed by atoms with Crippen molar-refractivity contribution in [1.29, 1.82) is 0 Å². The van der Waals surface area contributed by atoms with Gasteiger partial charge in [-0.2, -0.15) is 5.10 Å². The average Bonchev–Trinajstić information content (AvgIpc) is 2.82. The summed E-state index contributed by atoms with van der Waals surface area (Å²) in [5.74, 6) is -0.0151. The fourth-order valence-electron chi connectivity index (χ4n) is 2.13. The second-order valence-corrected chi connectivity index (χ2v) is 4.62. The molecular formula is C15H13FN4. The van der Waals surface area contributed by atoms with Crippen LogP contribution in [0.2, 0.25) is 0 Å². The molecule has 100 valence electrons. The molecule has 5 heteroatoms. The number of halogens is 1. The maximum Gasteiger partial charge on any atom is 0.153 e. The third-order valence-corrected chi connectivity index (χ3v) is 3.13. The smallest absolute Gasteiger partial charge is 0.153 e. The van der Waals surface area contributed by atoms with Crippen LogP contribution in [0.1, 0.15) is 5.56 Å². The van der Waals surface area contributed by atoms with Gasteiger partial charge in [-0.05, 0) is 18.6 Å². The number of aromatic nitrogens is 3. The van der Waals surface area contributed by atoms with Crippen LogP contribution in [0.15, 0.2) is 42.7 Å². The topological polar surface area (TPSA) is 67.6 Å². The van der Waals surface area contributed by atoms with Gasteiger partial charge in [0.1, 0.15) is 5.82 Å². The lowest BCUT2D eigenvalue weighted by molar-refractivity contribution is 0.622. The zero-order valence-electron chi connectivity index (χ0n) is 10.9. The second kappa shape index (κ2) is 4.77. The second-order valence-electron chi connectivity index (χ2n) is 4.62. The number of hydrogen-bond donors (Lipinski definition) is 2. The van der Waals surface area contributed by atoms with Gasteiger partial charge in [0.15, 0.2) is 5.82 Å². The quantitative estimate of drug-likeness (QED) is 0.750. The van der Waals surface area contributed by atoms with Gasteiger partial charge in [0.25, 0.3) is 0 Å². The summed E-state index contributed by atoms with van der Waals surface area (Å²) in [5, 5.41) is 6.87. The van der Waals surface area contributed by atoms with Gasteiger partial charge in [-0.15, -0.1) is 0 Å². The number of hydrogen-bond acceptors (Lipinski definition) is 3. The molecule has 0 saturated heterocycles. The summed E-state index contributed by atoms with van der Waals surface area (Å²) in [5.41, 5.74) is 10.1. The van der Waals surface area contributed by atoms with Gasteiger partial charge in [-0.3, -0.25) is 10.1 Å². The van der Waals surface area contributed by atoms with Crippen molar-refractivity contribution >= 4 is 5.82 Å². The fraction of sp³-hybridized carbons (Fsp3) is 0.0667. The molecule has 0 saturated carbocycles. The number of H-pyrrole nitrogens is 1. The highest BCUT2D eigenvalue weighted by atomic mass is 19.1. The Balaban J connectivity index is 2.17. The van der Waals surface area contributed by atoms with E-state index in [-0.39, 0.29) is 0 Å². The number of rotatable bonds is 2. The van der Waals surface area contributed by atoms with Crippen LogP contribution >= 0.6 is 0 Å². The van der Waals surface area contributed by atoms with Crippen molar-refractivity contribution in [3.05, 3.63) is 54.1 Å². The van der Waals surface area contributed by atoms with Crippen molar-refractivity contribution in [2.24, 2.45) is 0 Å². The van der Waals surface area contributed by atoms with Crippen molar-refractivity contribution < 1.29 is 4.39 Å². The van der Waals surface area contributed by atoms with Crippen LogP contribution in [-0.4, -0.2) is 15.2 Å². The third kappa shape index (κ3) is 2.14. The first-order valence-electron chi connectivity index (χ1n) is 6.17. The van der Waals surface area contributed by atoms with E-state index in [9.17, 15) is 4.39 Å². The van der Waals surface area contributed by atoms with E-state index < -0.39 is 5.82 Å². The van der Waals surface area contributed by atoms with Crippen LogP contribution in [-0.2, 0) is 0 Å². The molecule has 4 nitrogen and oxygen atoms in total. The number of aromatic amines is 1. The summed E-state index contributed by atoms with van der Waals surface area (Å²) < 4.78 is 13.3. The van der Waals surface area contributed by atoms with E-state index in [1.54, 1.807) is 6.20 Å². The summed E-state index contributed by atoms with van der Waals surface area (Å²) in [6, 6.07) is 9.32. The molecule has 3 N–H and O–H groups in total. The van der Waals surface area contributed by atoms with E-state index in [0.29, 0.717) is 17.1 Å². The predicted molar refractivity (Wildman–Crippen MR) is 76.4 cm³/mol. The molecule has 0 bridgehead atoms. The van der Waals surface area contributed by atoms with Gasteiger partial charge in [0, 0.05) is 11.8 Å². The Morgan fingerprint density at radius 1 is 1.10 bits per heavy atom. The highest BCUT2D eigenvalue weighted by Crippen LogP contribution is 2.34. The van der Waals surface area contributed by atoms with Crippen LogP contribution < -0.4 is 5.73 Å². The Kier molecular flexibility index (Phi) is 2.95. The minimum Gasteiger partial charge on any atom is -0.382 e. The largest absolute Gasteiger partial charge is 0.382 e. The van der Waals surface area contributed by atoms with Crippen molar-refractivity contribution in [3.63, 3.8) is 0 Å². The summed E-state index contributed by atoms with van der Waals surface area (Å²) >= 11 is 0. The predicted octanol–water partition coefficient (Wildman–Crippen LogP) is 3.17. The number of aryl methyl sites for hydroxylation is 1. The molecule has 3 rings (SSSR count). The molecule has 2 heterocycles. The Bertz CT molecular complexity index is 747. The molecular weight excluding hydrogens is 255 g/mol. The molecule has 0 fully saturated rings. The molecule has 2 aromatic heterocycles. The normalized spacial score (nSPS) is 10.7. The molecule has 0 atom stereocenters. The first-order chi connectivity index (χ1) is 9.65. The van der Waals surface area contributed by atoms with Crippen LogP contribution in [0.3, 0.4) is 0 Å². The maximum atomic E-state index is 13.3. The molecule has 0 amide bonds. The van der Waals surface area contributed by atoms with Gasteiger partial charge in [0.2, 0.25) is 0 Å². The number of benzene rings is 1. The van der Waals surface area contributed by atoms with Gasteiger partial charge in [-0.25, -0.2) is 4.39 Å². The number of pyridine rings is 1. The number of nitrogens with two attached hydrogens (primary N) is 1. The van der Waals surface area contributed by atoms with Crippen molar-refractivity contribution in [1.82, 2.24) is 15.2 Å². The average molecular weight is 268 g/mol. The molecule has 0 aliphatic carbocycles. The van der Waals surface area contributed by atoms with E-state index in [1.807, 2.05) is 31.2 Å². The van der Waals surface area contributed by atoms with Gasteiger partial charge < -0.3 is 5.73 Å². The van der Waals surface area contributed by atoms with Crippen molar-refractivity contribution in [3.8, 4) is 22.4 Å². The Morgan fingerprint density at radius 2 is 1.85 bits per heavy atom. The standard InChI is InChI=1S/C15H13FN4/c1-9-2-4-10(5-3-9)13-14(19-20-15(13)17)11-6-12(16)8-18-7-11/h2-8H,1H3,(H3,17,19,20). The molecule has 0 aliphatic heterocycles. The van der Waals surface area contributed by atoms with Gasteiger partial charge >= 0.3 is 0 Å². The van der Waals surface area contributed by atoms with Crippen molar-refractivity contribution in [2.45, 2.75) is 6.92 Å². The molecule has 3 aromatic rings. The van der Waals surface area contributed by atoms with E-state index >= 15 is 0 Å². The Labute approximate surface area is 115 Å². The monoisotopic (exact) mass is 268 g/mol. The molecule has 0 radical (unpaired) electrons. The first-order valence-corrected chi connectivity index (χ1v) is 6.17. The molecule has 0 unspecified atom stereocenters. The zero-order valence-corrected chi connectivity index (χ0v) is 10.9. The minimum absolute atomic E-state index is 0.383. The lowest BCUT2D eigenvalue weighted by Crippen LogP contribution is -1.90. The lowest BCUT2D eigenvalue weighted by Gasteiger charge is -2.05. The summed E-state index contributed by atoms with van der Waals surface area (Å²) in [4.78, 5) is 3.86. The van der Waals surface area contributed by atoms with E-state index in [1.165, 1.54) is 6.07 Å². The minimum atomic E-state index is -0.398. The SMILES string of the molecule is Cc1ccc(-c2c(N)n[nH]c2-c2cncc(F)c2)cc1. The van der Waals surface area contributed by atoms with E-state index in [2.05, 4.69) is 15.2 Å². The fourth-order valence-corrected chi connectivity index (χ4v) is 2.13. The van der Waals surface area contributed by atoms with Crippen molar-refractivity contribution in [2.75, 3.05) is 5.73 Å². The van der Waals surface area contributed by atoms with E-state index in [0.717, 1.165) is 22.9 Å². The Hall–Kier alpha value is -2.69. The van der Waals surface area contributed by atoms with Crippen LogP contribution in [0.4, 0.5) is 10.2 Å². The number of nitrogens with zero attached hydrogens (tertiary/aromatic N) is 2. The highest BCUT2D eigenvalue weighted by molar-refractivity contribution is 5.87. The van der Waals surface area contributed by atoms with Crippen LogP contribution in [0, 0.1) is 12.7 Å². The van der Waals surface area contributed by atoms with Crippen LogP contribution in [0.25, 0.3) is 22.4 Å². The number of nitrogens with one attached hydrogen (secondary N) is 1. The Morgan fingerprint density at radius 3 is 2.55 bits per heavy atom. The molecule has 1 aromatic carbocycles. The lowest BCUT2D eigenvalue weighted by atomic mass is 10.0.